The number of benzene rings is 2. The van der Waals surface area contributed by atoms with Gasteiger partial charge >= 0.3 is 6.36 Å². The molecule has 1 unspecified atom stereocenters. The van der Waals surface area contributed by atoms with Crippen LogP contribution in [0.2, 0.25) is 0 Å². The Morgan fingerprint density at radius 2 is 1.73 bits per heavy atom. The van der Waals surface area contributed by atoms with E-state index in [-0.39, 0.29) is 30.8 Å². The van der Waals surface area contributed by atoms with Crippen LogP contribution in [0.4, 0.5) is 13.2 Å². The van der Waals surface area contributed by atoms with Crippen LogP contribution in [0.25, 0.3) is 0 Å². The molecule has 0 heterocycles. The van der Waals surface area contributed by atoms with Crippen LogP contribution in [0.15, 0.2) is 54.6 Å². The molecule has 1 atom stereocenters. The fourth-order valence-corrected chi connectivity index (χ4v) is 2.56. The summed E-state index contributed by atoms with van der Waals surface area (Å²) in [7, 11) is 1.66. The molecule has 0 aliphatic rings. The van der Waals surface area contributed by atoms with Crippen molar-refractivity contribution in [2.24, 2.45) is 0 Å². The van der Waals surface area contributed by atoms with Crippen molar-refractivity contribution in [1.82, 2.24) is 10.2 Å². The maximum atomic E-state index is 12.5. The zero-order chi connectivity index (χ0) is 19.2. The Balaban J connectivity index is 1.92. The number of alkyl halides is 3. The highest BCUT2D eigenvalue weighted by Gasteiger charge is 2.32. The van der Waals surface area contributed by atoms with Crippen molar-refractivity contribution in [3.63, 3.8) is 0 Å². The number of ether oxygens (including phenoxy) is 1. The van der Waals surface area contributed by atoms with E-state index in [9.17, 15) is 18.0 Å². The summed E-state index contributed by atoms with van der Waals surface area (Å²) >= 11 is 0. The molecule has 0 radical (unpaired) electrons. The first-order chi connectivity index (χ1) is 12.2. The third-order valence-corrected chi connectivity index (χ3v) is 3.73. The van der Waals surface area contributed by atoms with Gasteiger partial charge in [-0.2, -0.15) is 0 Å². The Morgan fingerprint density at radius 1 is 1.12 bits per heavy atom. The minimum Gasteiger partial charge on any atom is -0.405 e. The molecule has 0 aliphatic carbocycles. The molecule has 1 N–H and O–H groups in total. The van der Waals surface area contributed by atoms with Gasteiger partial charge in [0.1, 0.15) is 5.75 Å². The lowest BCUT2D eigenvalue weighted by Crippen LogP contribution is -2.36. The van der Waals surface area contributed by atoms with Gasteiger partial charge in [-0.1, -0.05) is 48.5 Å². The van der Waals surface area contributed by atoms with Crippen molar-refractivity contribution in [2.45, 2.75) is 25.9 Å². The first-order valence-corrected chi connectivity index (χ1v) is 8.11. The molecule has 7 heteroatoms. The molecule has 4 nitrogen and oxygen atoms in total. The van der Waals surface area contributed by atoms with E-state index >= 15 is 0 Å². The number of hydrogen-bond acceptors (Lipinski definition) is 3. The number of rotatable bonds is 7. The summed E-state index contributed by atoms with van der Waals surface area (Å²) in [5, 5.41) is 2.87. The van der Waals surface area contributed by atoms with E-state index in [2.05, 4.69) is 10.1 Å². The standard InChI is InChI=1S/C19H21F3N2O2/c1-14(15-8-4-3-5-9-15)23-18(25)13-24(2)12-16-10-6-7-11-17(16)26-19(20,21)22/h3-11,14H,12-13H2,1-2H3,(H,23,25). The fraction of sp³-hybridized carbons (Fsp3) is 0.316. The van der Waals surface area contributed by atoms with Gasteiger partial charge < -0.3 is 10.1 Å². The zero-order valence-electron chi connectivity index (χ0n) is 14.6. The van der Waals surface area contributed by atoms with E-state index < -0.39 is 6.36 Å². The third-order valence-electron chi connectivity index (χ3n) is 3.73. The van der Waals surface area contributed by atoms with E-state index in [1.165, 1.54) is 12.1 Å². The lowest BCUT2D eigenvalue weighted by atomic mass is 10.1. The number of nitrogens with zero attached hydrogens (tertiary/aromatic N) is 1. The van der Waals surface area contributed by atoms with Gasteiger partial charge in [0, 0.05) is 12.1 Å². The molecule has 2 aromatic rings. The van der Waals surface area contributed by atoms with Crippen LogP contribution in [-0.4, -0.2) is 30.8 Å². The molecule has 2 aromatic carbocycles. The number of halogens is 3. The predicted octanol–water partition coefficient (Wildman–Crippen LogP) is 3.89. The van der Waals surface area contributed by atoms with Crippen molar-refractivity contribution in [3.8, 4) is 5.75 Å². The highest BCUT2D eigenvalue weighted by Crippen LogP contribution is 2.26. The number of carbonyl (C=O) groups excluding carboxylic acids is 1. The average Bonchev–Trinajstić information content (AvgIpc) is 2.56. The molecule has 0 saturated heterocycles. The van der Waals surface area contributed by atoms with Crippen LogP contribution >= 0.6 is 0 Å². The van der Waals surface area contributed by atoms with Gasteiger partial charge in [-0.05, 0) is 25.6 Å². The second kappa shape index (κ2) is 8.71. The second-order valence-electron chi connectivity index (χ2n) is 6.03. The van der Waals surface area contributed by atoms with Crippen molar-refractivity contribution in [1.29, 1.82) is 0 Å². The number of nitrogens with one attached hydrogen (secondary N) is 1. The summed E-state index contributed by atoms with van der Waals surface area (Å²) in [5.41, 5.74) is 1.34. The first kappa shape index (κ1) is 19.8. The van der Waals surface area contributed by atoms with E-state index in [1.54, 1.807) is 24.1 Å². The minimum absolute atomic E-state index is 0.0531. The summed E-state index contributed by atoms with van der Waals surface area (Å²) in [5.74, 6) is -0.469. The predicted molar refractivity (Wildman–Crippen MR) is 92.5 cm³/mol. The quantitative estimate of drug-likeness (QED) is 0.808. The number of likely N-dealkylation sites (N-methyl/N-ethyl adjacent to an activating group) is 1. The molecule has 0 fully saturated rings. The van der Waals surface area contributed by atoms with Gasteiger partial charge in [0.2, 0.25) is 5.91 Å². The summed E-state index contributed by atoms with van der Waals surface area (Å²) in [4.78, 5) is 13.8. The summed E-state index contributed by atoms with van der Waals surface area (Å²) in [6.45, 7) is 2.08. The molecule has 26 heavy (non-hydrogen) atoms. The van der Waals surface area contributed by atoms with Gasteiger partial charge in [-0.3, -0.25) is 9.69 Å². The number of amides is 1. The van der Waals surface area contributed by atoms with Gasteiger partial charge in [0.25, 0.3) is 0 Å². The normalized spacial score (nSPS) is 12.7. The maximum Gasteiger partial charge on any atom is 0.573 e. The van der Waals surface area contributed by atoms with Crippen LogP contribution in [0, 0.1) is 0 Å². The van der Waals surface area contributed by atoms with Crippen LogP contribution in [0.1, 0.15) is 24.1 Å². The van der Waals surface area contributed by atoms with Crippen LogP contribution in [-0.2, 0) is 11.3 Å². The molecule has 1 amide bonds. The average molecular weight is 366 g/mol. The number of para-hydroxylation sites is 1. The molecule has 140 valence electrons. The highest BCUT2D eigenvalue weighted by atomic mass is 19.4. The van der Waals surface area contributed by atoms with Crippen molar-refractivity contribution >= 4 is 5.91 Å². The van der Waals surface area contributed by atoms with Gasteiger partial charge in [-0.25, -0.2) is 0 Å². The topological polar surface area (TPSA) is 41.6 Å². The SMILES string of the molecule is CC(NC(=O)CN(C)Cc1ccccc1OC(F)(F)F)c1ccccc1. The smallest absolute Gasteiger partial charge is 0.405 e. The summed E-state index contributed by atoms with van der Waals surface area (Å²) in [6.07, 6.45) is -4.75. The van der Waals surface area contributed by atoms with Crippen LogP contribution < -0.4 is 10.1 Å². The Hall–Kier alpha value is -2.54. The van der Waals surface area contributed by atoms with Crippen LogP contribution in [0.3, 0.4) is 0 Å². The third kappa shape index (κ3) is 6.40. The highest BCUT2D eigenvalue weighted by molar-refractivity contribution is 5.78. The maximum absolute atomic E-state index is 12.5. The second-order valence-corrected chi connectivity index (χ2v) is 6.03. The fourth-order valence-electron chi connectivity index (χ4n) is 2.56. The van der Waals surface area contributed by atoms with Crippen molar-refractivity contribution < 1.29 is 22.7 Å². The Labute approximate surface area is 150 Å². The van der Waals surface area contributed by atoms with Crippen LogP contribution in [0.5, 0.6) is 5.75 Å². The van der Waals surface area contributed by atoms with E-state index in [1.807, 2.05) is 37.3 Å². The molecule has 0 spiro atoms. The number of carbonyl (C=O) groups is 1. The monoisotopic (exact) mass is 366 g/mol. The lowest BCUT2D eigenvalue weighted by molar-refractivity contribution is -0.275. The van der Waals surface area contributed by atoms with Gasteiger partial charge in [-0.15, -0.1) is 13.2 Å². The Morgan fingerprint density at radius 3 is 2.38 bits per heavy atom. The molecule has 0 bridgehead atoms. The molecule has 2 rings (SSSR count). The first-order valence-electron chi connectivity index (χ1n) is 8.11. The largest absolute Gasteiger partial charge is 0.573 e. The molecular weight excluding hydrogens is 345 g/mol. The lowest BCUT2D eigenvalue weighted by Gasteiger charge is -2.21. The summed E-state index contributed by atoms with van der Waals surface area (Å²) < 4.78 is 41.5. The Kier molecular flexibility index (Phi) is 6.63. The zero-order valence-corrected chi connectivity index (χ0v) is 14.6. The van der Waals surface area contributed by atoms with Crippen molar-refractivity contribution in [3.05, 3.63) is 65.7 Å². The van der Waals surface area contributed by atoms with Gasteiger partial charge in [0.05, 0.1) is 12.6 Å². The molecular formula is C19H21F3N2O2. The van der Waals surface area contributed by atoms with E-state index in [0.717, 1.165) is 5.56 Å². The minimum atomic E-state index is -4.75. The summed E-state index contributed by atoms with van der Waals surface area (Å²) in [6, 6.07) is 15.3. The Bertz CT molecular complexity index is 720. The molecule has 0 aromatic heterocycles. The van der Waals surface area contributed by atoms with Crippen molar-refractivity contribution in [2.75, 3.05) is 13.6 Å². The van der Waals surface area contributed by atoms with E-state index in [0.29, 0.717) is 5.56 Å². The van der Waals surface area contributed by atoms with E-state index in [4.69, 9.17) is 0 Å². The number of hydrogen-bond donors (Lipinski definition) is 1. The van der Waals surface area contributed by atoms with Gasteiger partial charge in [0.15, 0.2) is 0 Å². The molecule has 0 aliphatic heterocycles. The molecule has 0 saturated carbocycles.